The van der Waals surface area contributed by atoms with Gasteiger partial charge in [0.25, 0.3) is 0 Å². The molecule has 0 aromatic heterocycles. The highest BCUT2D eigenvalue weighted by atomic mass is 32.2. The van der Waals surface area contributed by atoms with Crippen molar-refractivity contribution in [2.75, 3.05) is 50.9 Å². The predicted octanol–water partition coefficient (Wildman–Crippen LogP) is 0.744. The number of morpholine rings is 1. The van der Waals surface area contributed by atoms with Crippen LogP contribution in [0.1, 0.15) is 18.9 Å². The van der Waals surface area contributed by atoms with E-state index in [1.165, 1.54) is 4.90 Å². The molecular formula is C22H31N3O6S. The third-order valence-electron chi connectivity index (χ3n) is 6.55. The van der Waals surface area contributed by atoms with E-state index in [1.54, 1.807) is 6.92 Å². The van der Waals surface area contributed by atoms with Gasteiger partial charge in [0.1, 0.15) is 12.6 Å². The average Bonchev–Trinajstić information content (AvgIpc) is 2.79. The van der Waals surface area contributed by atoms with E-state index in [0.29, 0.717) is 39.3 Å². The first-order chi connectivity index (χ1) is 15.3. The minimum Gasteiger partial charge on any atom is -0.445 e. The molecule has 1 aromatic carbocycles. The van der Waals surface area contributed by atoms with Gasteiger partial charge in [-0.15, -0.1) is 0 Å². The third-order valence-corrected chi connectivity index (χ3v) is 8.16. The summed E-state index contributed by atoms with van der Waals surface area (Å²) in [5.41, 5.74) is 0.894. The van der Waals surface area contributed by atoms with Crippen LogP contribution in [0.15, 0.2) is 30.3 Å². The number of benzene rings is 1. The molecule has 0 aliphatic carbocycles. The lowest BCUT2D eigenvalue weighted by Gasteiger charge is -2.50. The zero-order valence-corrected chi connectivity index (χ0v) is 19.2. The van der Waals surface area contributed by atoms with Crippen molar-refractivity contribution in [1.82, 2.24) is 14.7 Å². The molecule has 4 rings (SSSR count). The molecule has 3 atom stereocenters. The molecule has 176 valence electrons. The van der Waals surface area contributed by atoms with E-state index in [2.05, 4.69) is 4.90 Å². The maximum Gasteiger partial charge on any atom is 0.410 e. The van der Waals surface area contributed by atoms with Crippen LogP contribution in [0.25, 0.3) is 0 Å². The molecule has 3 fully saturated rings. The largest absolute Gasteiger partial charge is 0.445 e. The molecule has 0 radical (unpaired) electrons. The summed E-state index contributed by atoms with van der Waals surface area (Å²) in [4.78, 5) is 31.4. The zero-order chi connectivity index (χ0) is 22.7. The fourth-order valence-electron chi connectivity index (χ4n) is 4.60. The Morgan fingerprint density at radius 1 is 1.16 bits per heavy atom. The summed E-state index contributed by atoms with van der Waals surface area (Å²) < 4.78 is 34.5. The predicted molar refractivity (Wildman–Crippen MR) is 118 cm³/mol. The van der Waals surface area contributed by atoms with E-state index in [0.717, 1.165) is 12.1 Å². The highest BCUT2D eigenvalue weighted by Crippen LogP contribution is 2.26. The van der Waals surface area contributed by atoms with Crippen LogP contribution in [-0.2, 0) is 30.7 Å². The van der Waals surface area contributed by atoms with E-state index in [1.807, 2.05) is 35.2 Å². The van der Waals surface area contributed by atoms with Crippen LogP contribution >= 0.6 is 0 Å². The molecule has 0 spiro atoms. The van der Waals surface area contributed by atoms with Gasteiger partial charge < -0.3 is 19.3 Å². The minimum absolute atomic E-state index is 0.0790. The summed E-state index contributed by atoms with van der Waals surface area (Å²) in [5, 5.41) is 0. The number of piperazine rings is 1. The summed E-state index contributed by atoms with van der Waals surface area (Å²) in [6.07, 6.45) is 0.221. The van der Waals surface area contributed by atoms with Gasteiger partial charge >= 0.3 is 6.09 Å². The van der Waals surface area contributed by atoms with Gasteiger partial charge in [-0.25, -0.2) is 13.2 Å². The Kier molecular flexibility index (Phi) is 7.02. The standard InChI is InChI=1S/C22H31N3O6S/c1-17-21(26)25-19(7-8-23-9-11-32(28,29)12-10-23)15-30-16-20(25)13-24(17)22(27)31-14-18-5-3-2-4-6-18/h2-6,17,19-20H,7-16H2,1H3. The van der Waals surface area contributed by atoms with Crippen molar-refractivity contribution >= 4 is 21.8 Å². The van der Waals surface area contributed by atoms with Gasteiger partial charge in [-0.3, -0.25) is 9.69 Å². The summed E-state index contributed by atoms with van der Waals surface area (Å²) in [6.45, 7) is 4.91. The molecule has 3 heterocycles. The SMILES string of the molecule is CC1C(=O)N2C(CCN3CCS(=O)(=O)CC3)COCC2CN1C(=O)OCc1ccccc1. The minimum atomic E-state index is -2.91. The second-order valence-corrected chi connectivity index (χ2v) is 11.0. The molecule has 1 aromatic rings. The molecule has 3 unspecified atom stereocenters. The zero-order valence-electron chi connectivity index (χ0n) is 18.4. The van der Waals surface area contributed by atoms with Crippen molar-refractivity contribution in [2.24, 2.45) is 0 Å². The van der Waals surface area contributed by atoms with Gasteiger partial charge in [-0.1, -0.05) is 30.3 Å². The fraction of sp³-hybridized carbons (Fsp3) is 0.636. The van der Waals surface area contributed by atoms with E-state index >= 15 is 0 Å². The first-order valence-corrected chi connectivity index (χ1v) is 13.0. The molecule has 3 aliphatic heterocycles. The smallest absolute Gasteiger partial charge is 0.410 e. The number of rotatable bonds is 5. The normalized spacial score (nSPS) is 28.3. The first-order valence-electron chi connectivity index (χ1n) is 11.1. The Labute approximate surface area is 189 Å². The van der Waals surface area contributed by atoms with E-state index in [-0.39, 0.29) is 36.1 Å². The lowest BCUT2D eigenvalue weighted by Crippen LogP contribution is -2.68. The molecule has 0 N–H and O–H groups in total. The molecule has 9 nitrogen and oxygen atoms in total. The number of nitrogens with zero attached hydrogens (tertiary/aromatic N) is 3. The highest BCUT2D eigenvalue weighted by Gasteiger charge is 2.45. The van der Waals surface area contributed by atoms with Crippen LogP contribution in [0.3, 0.4) is 0 Å². The van der Waals surface area contributed by atoms with Crippen molar-refractivity contribution < 1.29 is 27.5 Å². The molecule has 3 aliphatic rings. The van der Waals surface area contributed by atoms with E-state index < -0.39 is 22.0 Å². The van der Waals surface area contributed by atoms with Crippen LogP contribution in [0.4, 0.5) is 4.79 Å². The van der Waals surface area contributed by atoms with Gasteiger partial charge in [-0.05, 0) is 18.9 Å². The van der Waals surface area contributed by atoms with Crippen molar-refractivity contribution in [3.63, 3.8) is 0 Å². The number of sulfone groups is 1. The number of amides is 2. The average molecular weight is 466 g/mol. The summed E-state index contributed by atoms with van der Waals surface area (Å²) in [5.74, 6) is 0.292. The number of hydrogen-bond donors (Lipinski definition) is 0. The number of carbonyl (C=O) groups excluding carboxylic acids is 2. The lowest BCUT2D eigenvalue weighted by atomic mass is 10.0. The van der Waals surface area contributed by atoms with Gasteiger partial charge in [0.05, 0.1) is 36.8 Å². The summed E-state index contributed by atoms with van der Waals surface area (Å²) >= 11 is 0. The monoisotopic (exact) mass is 465 g/mol. The van der Waals surface area contributed by atoms with Crippen LogP contribution in [-0.4, -0.2) is 104 Å². The Morgan fingerprint density at radius 2 is 1.88 bits per heavy atom. The van der Waals surface area contributed by atoms with E-state index in [9.17, 15) is 18.0 Å². The van der Waals surface area contributed by atoms with Crippen LogP contribution < -0.4 is 0 Å². The molecule has 32 heavy (non-hydrogen) atoms. The Morgan fingerprint density at radius 3 is 2.59 bits per heavy atom. The summed E-state index contributed by atoms with van der Waals surface area (Å²) in [7, 11) is -2.91. The van der Waals surface area contributed by atoms with E-state index in [4.69, 9.17) is 9.47 Å². The highest BCUT2D eigenvalue weighted by molar-refractivity contribution is 7.91. The molecule has 0 bridgehead atoms. The number of carbonyl (C=O) groups is 2. The second kappa shape index (κ2) is 9.76. The van der Waals surface area contributed by atoms with Gasteiger partial charge in [0, 0.05) is 26.2 Å². The summed E-state index contributed by atoms with van der Waals surface area (Å²) in [6, 6.07) is 8.56. The molecule has 3 saturated heterocycles. The Balaban J connectivity index is 1.34. The Bertz CT molecular complexity index is 911. The quantitative estimate of drug-likeness (QED) is 0.633. The number of fused-ring (bicyclic) bond motifs is 1. The van der Waals surface area contributed by atoms with Crippen molar-refractivity contribution in [3.8, 4) is 0 Å². The molecule has 0 saturated carbocycles. The van der Waals surface area contributed by atoms with Crippen LogP contribution in [0.5, 0.6) is 0 Å². The second-order valence-electron chi connectivity index (χ2n) is 8.74. The van der Waals surface area contributed by atoms with Crippen molar-refractivity contribution in [3.05, 3.63) is 35.9 Å². The Hall–Kier alpha value is -2.17. The molecule has 10 heteroatoms. The van der Waals surface area contributed by atoms with Gasteiger partial charge in [0.15, 0.2) is 9.84 Å². The maximum absolute atomic E-state index is 13.2. The topological polar surface area (TPSA) is 96.5 Å². The fourth-order valence-corrected chi connectivity index (χ4v) is 5.87. The van der Waals surface area contributed by atoms with Crippen molar-refractivity contribution in [1.29, 1.82) is 0 Å². The third kappa shape index (κ3) is 5.24. The van der Waals surface area contributed by atoms with Gasteiger partial charge in [-0.2, -0.15) is 0 Å². The number of ether oxygens (including phenoxy) is 2. The van der Waals surface area contributed by atoms with Gasteiger partial charge in [0.2, 0.25) is 5.91 Å². The van der Waals surface area contributed by atoms with Crippen molar-refractivity contribution in [2.45, 2.75) is 38.1 Å². The number of hydrogen-bond acceptors (Lipinski definition) is 7. The first kappa shape index (κ1) is 23.0. The lowest BCUT2D eigenvalue weighted by molar-refractivity contribution is -0.161. The molecular weight excluding hydrogens is 434 g/mol. The van der Waals surface area contributed by atoms with Crippen LogP contribution in [0.2, 0.25) is 0 Å². The maximum atomic E-state index is 13.2. The van der Waals surface area contributed by atoms with Crippen LogP contribution in [0, 0.1) is 0 Å². The molecule has 2 amide bonds.